The average molecular weight is 861 g/mol. The Hall–Kier alpha value is -7.61. The van der Waals surface area contributed by atoms with Gasteiger partial charge in [-0.05, 0) is 67.2 Å². The largest absolute Gasteiger partial charge is 0.469 e. The van der Waals surface area contributed by atoms with Crippen LogP contribution in [0.1, 0.15) is 74.5 Å². The lowest BCUT2D eigenvalue weighted by atomic mass is 10.00. The maximum atomic E-state index is 11.2. The molecule has 64 heavy (non-hydrogen) atoms. The van der Waals surface area contributed by atoms with Gasteiger partial charge in [0.25, 0.3) is 0 Å². The molecule has 3 heterocycles. The van der Waals surface area contributed by atoms with Crippen LogP contribution in [0, 0.1) is 0 Å². The first kappa shape index (κ1) is 47.4. The molecular formula is C50H60N12O2. The van der Waals surface area contributed by atoms with Crippen LogP contribution < -0.4 is 34.4 Å². The van der Waals surface area contributed by atoms with Crippen LogP contribution >= 0.6 is 0 Å². The molecule has 12 N–H and O–H groups in total. The number of carbonyl (C=O) groups excluding carboxylic acids is 1. The van der Waals surface area contributed by atoms with E-state index in [0.717, 1.165) is 82.6 Å². The predicted octanol–water partition coefficient (Wildman–Crippen LogP) is 8.72. The Kier molecular flexibility index (Phi) is 18.3. The van der Waals surface area contributed by atoms with Crippen molar-refractivity contribution in [2.75, 3.05) is 41.5 Å². The number of aryl methyl sites for hydroxylation is 4. The summed E-state index contributed by atoms with van der Waals surface area (Å²) < 4.78 is 4.63. The number of esters is 1. The van der Waals surface area contributed by atoms with Crippen LogP contribution in [0.2, 0.25) is 0 Å². The van der Waals surface area contributed by atoms with Crippen molar-refractivity contribution in [2.45, 2.75) is 77.6 Å². The van der Waals surface area contributed by atoms with Gasteiger partial charge in [0, 0.05) is 23.1 Å². The molecule has 0 aliphatic rings. The average Bonchev–Trinajstić information content (AvgIpc) is 3.29. The number of hydrogen-bond acceptors (Lipinski definition) is 14. The normalized spacial score (nSPS) is 10.5. The fourth-order valence-electron chi connectivity index (χ4n) is 7.27. The van der Waals surface area contributed by atoms with Gasteiger partial charge in [-0.2, -0.15) is 15.0 Å². The minimum atomic E-state index is -0.244. The lowest BCUT2D eigenvalue weighted by Gasteiger charge is -2.12. The van der Waals surface area contributed by atoms with Crippen molar-refractivity contribution in [1.29, 1.82) is 0 Å². The number of benzene rings is 4. The highest BCUT2D eigenvalue weighted by Crippen LogP contribution is 2.31. The van der Waals surface area contributed by atoms with Gasteiger partial charge in [0.1, 0.15) is 17.5 Å². The molecule has 332 valence electrons. The summed E-state index contributed by atoms with van der Waals surface area (Å²) in [5.74, 6) is 1.64. The summed E-state index contributed by atoms with van der Waals surface area (Å²) in [5, 5.41) is 0. The fourth-order valence-corrected chi connectivity index (χ4v) is 7.27. The number of nitrogens with zero attached hydrogens (tertiary/aromatic N) is 6. The predicted molar refractivity (Wildman–Crippen MR) is 260 cm³/mol. The Morgan fingerprint density at radius 1 is 0.438 bits per heavy atom. The van der Waals surface area contributed by atoms with E-state index < -0.39 is 0 Å². The number of unbranched alkanes of at least 4 members (excludes halogenated alkanes) is 3. The van der Waals surface area contributed by atoms with Crippen molar-refractivity contribution in [3.8, 4) is 33.4 Å². The molecule has 14 nitrogen and oxygen atoms in total. The van der Waals surface area contributed by atoms with E-state index in [1.807, 2.05) is 97.1 Å². The summed E-state index contributed by atoms with van der Waals surface area (Å²) in [6.45, 7) is 2.20. The first-order valence-corrected chi connectivity index (χ1v) is 21.6. The van der Waals surface area contributed by atoms with Gasteiger partial charge in [0.15, 0.2) is 0 Å². The standard InChI is InChI=1S/C19H20N4.C16H22N4.C15H18N4O2/c20-18-17(15-11-5-2-6-12-15)16(22-19(21)23-18)13-7-10-14-8-3-1-4-9-14;1-2-3-4-8-11-13-14(12-9-6-5-7-10-12)15(17)20-16(18)19-13;1-21-12(20)9-5-8-11-13(10-6-3-2-4-7-10)14(16)19-15(17)18-11/h1-6,8-9,11-12H,7,10,13H2,(H4,20,21,22,23);5-7,9-10H,2-4,8,11H2,1H3,(H4,17,18,19,20);2-4,6-7H,5,8-9H2,1H3,(H4,16,17,18,19). The summed E-state index contributed by atoms with van der Waals surface area (Å²) in [6.07, 6.45) is 9.98. The number of nitrogens with two attached hydrogens (primary N) is 6. The topological polar surface area (TPSA) is 260 Å². The zero-order valence-corrected chi connectivity index (χ0v) is 36.8. The Balaban J connectivity index is 0.000000181. The number of anilines is 6. The number of rotatable bonds is 16. The second-order valence-electron chi connectivity index (χ2n) is 15.0. The SMILES string of the molecule is CCCCCCc1nc(N)nc(N)c1-c1ccccc1.COC(=O)CCCc1nc(N)nc(N)c1-c1ccccc1.Nc1nc(N)c(-c2ccccc2)c(CCCc2ccccc2)n1. The molecule has 0 amide bonds. The highest BCUT2D eigenvalue weighted by Gasteiger charge is 2.16. The maximum absolute atomic E-state index is 11.2. The van der Waals surface area contributed by atoms with Crippen LogP contribution in [0.5, 0.6) is 0 Å². The van der Waals surface area contributed by atoms with E-state index in [4.69, 9.17) is 34.4 Å². The first-order chi connectivity index (χ1) is 31.1. The van der Waals surface area contributed by atoms with Gasteiger partial charge < -0.3 is 39.1 Å². The Bertz CT molecular complexity index is 2510. The molecular weight excluding hydrogens is 801 g/mol. The summed E-state index contributed by atoms with van der Waals surface area (Å²) in [4.78, 5) is 36.5. The molecule has 0 aliphatic heterocycles. The van der Waals surface area contributed by atoms with Crippen molar-refractivity contribution in [2.24, 2.45) is 0 Å². The summed E-state index contributed by atoms with van der Waals surface area (Å²) >= 11 is 0. The van der Waals surface area contributed by atoms with Crippen molar-refractivity contribution in [3.05, 3.63) is 144 Å². The highest BCUT2D eigenvalue weighted by molar-refractivity contribution is 5.78. The number of methoxy groups -OCH3 is 1. The molecule has 7 aromatic rings. The smallest absolute Gasteiger partial charge is 0.305 e. The van der Waals surface area contributed by atoms with Gasteiger partial charge in [-0.3, -0.25) is 4.79 Å². The summed E-state index contributed by atoms with van der Waals surface area (Å²) in [7, 11) is 1.37. The third-order valence-electron chi connectivity index (χ3n) is 10.3. The van der Waals surface area contributed by atoms with E-state index in [0.29, 0.717) is 36.7 Å². The van der Waals surface area contributed by atoms with Gasteiger partial charge in [-0.1, -0.05) is 148 Å². The van der Waals surface area contributed by atoms with E-state index in [-0.39, 0.29) is 23.8 Å². The van der Waals surface area contributed by atoms with E-state index >= 15 is 0 Å². The summed E-state index contributed by atoms with van der Waals surface area (Å²) in [6, 6.07) is 40.1. The highest BCUT2D eigenvalue weighted by atomic mass is 16.5. The van der Waals surface area contributed by atoms with Gasteiger partial charge in [0.2, 0.25) is 17.8 Å². The van der Waals surface area contributed by atoms with E-state index in [1.54, 1.807) is 0 Å². The minimum Gasteiger partial charge on any atom is -0.469 e. The number of hydrogen-bond donors (Lipinski definition) is 6. The molecule has 4 aromatic carbocycles. The van der Waals surface area contributed by atoms with E-state index in [9.17, 15) is 4.79 Å². The van der Waals surface area contributed by atoms with Crippen molar-refractivity contribution >= 4 is 41.3 Å². The Labute approximate surface area is 376 Å². The molecule has 7 rings (SSSR count). The minimum absolute atomic E-state index is 0.139. The molecule has 0 saturated carbocycles. The second-order valence-corrected chi connectivity index (χ2v) is 15.0. The lowest BCUT2D eigenvalue weighted by molar-refractivity contribution is -0.140. The third kappa shape index (κ3) is 14.2. The molecule has 3 aromatic heterocycles. The molecule has 0 bridgehead atoms. The van der Waals surface area contributed by atoms with Gasteiger partial charge in [-0.25, -0.2) is 15.0 Å². The monoisotopic (exact) mass is 860 g/mol. The van der Waals surface area contributed by atoms with Gasteiger partial charge >= 0.3 is 5.97 Å². The quantitative estimate of drug-likeness (QED) is 0.0392. The van der Waals surface area contributed by atoms with Crippen LogP contribution in [-0.4, -0.2) is 43.0 Å². The van der Waals surface area contributed by atoms with Crippen LogP contribution in [0.25, 0.3) is 33.4 Å². The number of ether oxygens (including phenoxy) is 1. The van der Waals surface area contributed by atoms with Crippen LogP contribution in [0.15, 0.2) is 121 Å². The van der Waals surface area contributed by atoms with Crippen molar-refractivity contribution < 1.29 is 9.53 Å². The zero-order chi connectivity index (χ0) is 45.7. The van der Waals surface area contributed by atoms with Crippen molar-refractivity contribution in [3.63, 3.8) is 0 Å². The van der Waals surface area contributed by atoms with Gasteiger partial charge in [0.05, 0.1) is 24.2 Å². The molecule has 0 spiro atoms. The summed E-state index contributed by atoms with van der Waals surface area (Å²) in [5.41, 5.74) is 44.9. The molecule has 0 aliphatic carbocycles. The van der Waals surface area contributed by atoms with Gasteiger partial charge in [-0.15, -0.1) is 0 Å². The van der Waals surface area contributed by atoms with E-state index in [2.05, 4.69) is 65.8 Å². The third-order valence-corrected chi connectivity index (χ3v) is 10.3. The number of carbonyl (C=O) groups is 1. The second kappa shape index (κ2) is 24.7. The van der Waals surface area contributed by atoms with Crippen molar-refractivity contribution in [1.82, 2.24) is 29.9 Å². The molecule has 14 heteroatoms. The zero-order valence-electron chi connectivity index (χ0n) is 36.8. The number of aromatic nitrogens is 6. The molecule has 0 saturated heterocycles. The van der Waals surface area contributed by atoms with Crippen LogP contribution in [0.3, 0.4) is 0 Å². The lowest BCUT2D eigenvalue weighted by Crippen LogP contribution is -2.08. The molecule has 0 unspecified atom stereocenters. The van der Waals surface area contributed by atoms with Crippen LogP contribution in [-0.2, 0) is 35.2 Å². The Morgan fingerprint density at radius 3 is 1.17 bits per heavy atom. The maximum Gasteiger partial charge on any atom is 0.305 e. The first-order valence-electron chi connectivity index (χ1n) is 21.6. The van der Waals surface area contributed by atoms with E-state index in [1.165, 1.54) is 31.9 Å². The molecule has 0 radical (unpaired) electrons. The molecule has 0 atom stereocenters. The molecule has 0 fully saturated rings. The van der Waals surface area contributed by atoms with Crippen LogP contribution in [0.4, 0.5) is 35.3 Å². The fraction of sp³-hybridized carbons (Fsp3) is 0.260. The number of nitrogen functional groups attached to an aromatic ring is 6. The Morgan fingerprint density at radius 2 is 0.797 bits per heavy atom.